The minimum Gasteiger partial charge on any atom is -0.0654 e. The molecule has 2 atom stereocenters. The van der Waals surface area contributed by atoms with E-state index in [4.69, 9.17) is 0 Å². The molecule has 0 heteroatoms. The van der Waals surface area contributed by atoms with Crippen LogP contribution in [0, 0.1) is 11.3 Å². The number of hydrogen-bond acceptors (Lipinski definition) is 0. The van der Waals surface area contributed by atoms with Crippen molar-refractivity contribution in [3.05, 3.63) is 0 Å². The van der Waals surface area contributed by atoms with Crippen LogP contribution in [0.5, 0.6) is 0 Å². The van der Waals surface area contributed by atoms with Crippen molar-refractivity contribution >= 4 is 0 Å². The third-order valence-electron chi connectivity index (χ3n) is 3.80. The summed E-state index contributed by atoms with van der Waals surface area (Å²) in [5.74, 6) is 1.09. The van der Waals surface area contributed by atoms with Crippen molar-refractivity contribution < 1.29 is 0 Å². The second kappa shape index (κ2) is 5.02. The summed E-state index contributed by atoms with van der Waals surface area (Å²) in [4.78, 5) is 0. The van der Waals surface area contributed by atoms with Gasteiger partial charge in [-0.05, 0) is 30.6 Å². The Morgan fingerprint density at radius 3 is 2.38 bits per heavy atom. The number of hydrogen-bond donors (Lipinski definition) is 0. The Hall–Kier alpha value is 0. The van der Waals surface area contributed by atoms with Gasteiger partial charge in [-0.3, -0.25) is 0 Å². The highest BCUT2D eigenvalue weighted by atomic mass is 14.5. The lowest BCUT2D eigenvalue weighted by atomic mass is 9.96. The summed E-state index contributed by atoms with van der Waals surface area (Å²) in [6.07, 6.45) is 11.6. The molecular formula is C13H26. The van der Waals surface area contributed by atoms with Crippen molar-refractivity contribution in [2.24, 2.45) is 11.3 Å². The number of rotatable bonds is 7. The van der Waals surface area contributed by atoms with Crippen LogP contribution < -0.4 is 0 Å². The average molecular weight is 182 g/mol. The summed E-state index contributed by atoms with van der Waals surface area (Å²) in [6, 6.07) is 0. The van der Waals surface area contributed by atoms with Crippen LogP contribution in [0.1, 0.15) is 72.1 Å². The minimum atomic E-state index is 0.768. The summed E-state index contributed by atoms with van der Waals surface area (Å²) in [6.45, 7) is 7.10. The molecule has 0 aromatic carbocycles. The first-order chi connectivity index (χ1) is 6.23. The monoisotopic (exact) mass is 182 g/mol. The molecule has 0 spiro atoms. The van der Waals surface area contributed by atoms with Gasteiger partial charge in [-0.15, -0.1) is 0 Å². The van der Waals surface area contributed by atoms with Gasteiger partial charge in [0.1, 0.15) is 0 Å². The molecule has 13 heavy (non-hydrogen) atoms. The SMILES string of the molecule is CCCCC[C@H]1C[C@@]1(C)CCCC. The van der Waals surface area contributed by atoms with Crippen molar-refractivity contribution in [3.63, 3.8) is 0 Å². The van der Waals surface area contributed by atoms with Gasteiger partial charge >= 0.3 is 0 Å². The molecule has 78 valence electrons. The van der Waals surface area contributed by atoms with Crippen LogP contribution in [0.4, 0.5) is 0 Å². The van der Waals surface area contributed by atoms with Gasteiger partial charge < -0.3 is 0 Å². The van der Waals surface area contributed by atoms with Gasteiger partial charge in [0.15, 0.2) is 0 Å². The zero-order valence-electron chi connectivity index (χ0n) is 9.73. The van der Waals surface area contributed by atoms with E-state index in [0.717, 1.165) is 11.3 Å². The molecular weight excluding hydrogens is 156 g/mol. The van der Waals surface area contributed by atoms with Gasteiger partial charge in [-0.1, -0.05) is 52.9 Å². The first kappa shape index (κ1) is 11.1. The molecule has 0 radical (unpaired) electrons. The van der Waals surface area contributed by atoms with Gasteiger partial charge in [-0.25, -0.2) is 0 Å². The average Bonchev–Trinajstić information content (AvgIpc) is 2.75. The van der Waals surface area contributed by atoms with Crippen LogP contribution in [-0.2, 0) is 0 Å². The van der Waals surface area contributed by atoms with E-state index >= 15 is 0 Å². The predicted molar refractivity (Wildman–Crippen MR) is 59.9 cm³/mol. The first-order valence-electron chi connectivity index (χ1n) is 6.23. The van der Waals surface area contributed by atoms with E-state index in [1.54, 1.807) is 0 Å². The van der Waals surface area contributed by atoms with Crippen LogP contribution in [-0.4, -0.2) is 0 Å². The molecule has 0 saturated heterocycles. The third-order valence-corrected chi connectivity index (χ3v) is 3.80. The van der Waals surface area contributed by atoms with Gasteiger partial charge in [0.25, 0.3) is 0 Å². The Morgan fingerprint density at radius 1 is 1.08 bits per heavy atom. The summed E-state index contributed by atoms with van der Waals surface area (Å²) in [7, 11) is 0. The zero-order chi connectivity index (χ0) is 9.73. The van der Waals surface area contributed by atoms with Crippen molar-refractivity contribution in [2.45, 2.75) is 72.1 Å². The maximum atomic E-state index is 2.50. The fourth-order valence-corrected chi connectivity index (χ4v) is 2.48. The van der Waals surface area contributed by atoms with E-state index in [-0.39, 0.29) is 0 Å². The lowest BCUT2D eigenvalue weighted by molar-refractivity contribution is 0.421. The second-order valence-electron chi connectivity index (χ2n) is 5.15. The Kier molecular flexibility index (Phi) is 4.28. The molecule has 0 aromatic rings. The molecule has 1 rings (SSSR count). The highest BCUT2D eigenvalue weighted by Gasteiger charge is 2.47. The lowest BCUT2D eigenvalue weighted by Gasteiger charge is -2.09. The maximum absolute atomic E-state index is 2.50. The summed E-state index contributed by atoms with van der Waals surface area (Å²) in [5.41, 5.74) is 0.768. The first-order valence-corrected chi connectivity index (χ1v) is 6.23. The fourth-order valence-electron chi connectivity index (χ4n) is 2.48. The molecule has 0 amide bonds. The van der Waals surface area contributed by atoms with E-state index in [2.05, 4.69) is 20.8 Å². The topological polar surface area (TPSA) is 0 Å². The van der Waals surface area contributed by atoms with Crippen LogP contribution in [0.2, 0.25) is 0 Å². The van der Waals surface area contributed by atoms with E-state index in [0.29, 0.717) is 0 Å². The summed E-state index contributed by atoms with van der Waals surface area (Å²) >= 11 is 0. The molecule has 1 fully saturated rings. The normalized spacial score (nSPS) is 32.1. The number of unbranched alkanes of at least 4 members (excludes halogenated alkanes) is 3. The van der Waals surface area contributed by atoms with E-state index in [1.165, 1.54) is 51.4 Å². The smallest absolute Gasteiger partial charge is 0.0294 e. The molecule has 0 aromatic heterocycles. The molecule has 1 saturated carbocycles. The summed E-state index contributed by atoms with van der Waals surface area (Å²) in [5, 5.41) is 0. The maximum Gasteiger partial charge on any atom is -0.0294 e. The predicted octanol–water partition coefficient (Wildman–Crippen LogP) is 4.78. The van der Waals surface area contributed by atoms with Gasteiger partial charge in [0.2, 0.25) is 0 Å². The Labute approximate surface area is 84.1 Å². The van der Waals surface area contributed by atoms with E-state index in [9.17, 15) is 0 Å². The summed E-state index contributed by atoms with van der Waals surface area (Å²) < 4.78 is 0. The van der Waals surface area contributed by atoms with E-state index in [1.807, 2.05) is 0 Å². The van der Waals surface area contributed by atoms with Gasteiger partial charge in [0.05, 0.1) is 0 Å². The van der Waals surface area contributed by atoms with Gasteiger partial charge in [0, 0.05) is 0 Å². The Balaban J connectivity index is 2.05. The van der Waals surface area contributed by atoms with Crippen molar-refractivity contribution in [2.75, 3.05) is 0 Å². The van der Waals surface area contributed by atoms with Crippen LogP contribution >= 0.6 is 0 Å². The molecule has 0 bridgehead atoms. The van der Waals surface area contributed by atoms with Crippen LogP contribution in [0.15, 0.2) is 0 Å². The Bertz CT molecular complexity index is 139. The standard InChI is InChI=1S/C13H26/c1-4-6-8-9-12-11-13(12,3)10-7-5-2/h12H,4-11H2,1-3H3/t12-,13+/m0/s1. The van der Waals surface area contributed by atoms with Crippen LogP contribution in [0.25, 0.3) is 0 Å². The van der Waals surface area contributed by atoms with Crippen molar-refractivity contribution in [1.29, 1.82) is 0 Å². The van der Waals surface area contributed by atoms with Gasteiger partial charge in [-0.2, -0.15) is 0 Å². The molecule has 1 aliphatic carbocycles. The third kappa shape index (κ3) is 3.32. The van der Waals surface area contributed by atoms with Crippen molar-refractivity contribution in [1.82, 2.24) is 0 Å². The van der Waals surface area contributed by atoms with Crippen molar-refractivity contribution in [3.8, 4) is 0 Å². The quantitative estimate of drug-likeness (QED) is 0.497. The van der Waals surface area contributed by atoms with E-state index < -0.39 is 0 Å². The molecule has 0 N–H and O–H groups in total. The molecule has 1 aliphatic rings. The fraction of sp³-hybridized carbons (Fsp3) is 1.00. The molecule has 0 unspecified atom stereocenters. The minimum absolute atomic E-state index is 0.768. The Morgan fingerprint density at radius 2 is 1.77 bits per heavy atom. The second-order valence-corrected chi connectivity index (χ2v) is 5.15. The van der Waals surface area contributed by atoms with Crippen LogP contribution in [0.3, 0.4) is 0 Å². The largest absolute Gasteiger partial charge is 0.0654 e. The highest BCUT2D eigenvalue weighted by molar-refractivity contribution is 4.97. The molecule has 0 nitrogen and oxygen atoms in total. The zero-order valence-corrected chi connectivity index (χ0v) is 9.73. The lowest BCUT2D eigenvalue weighted by Crippen LogP contribution is -1.97. The molecule has 0 aliphatic heterocycles. The molecule has 0 heterocycles. The highest BCUT2D eigenvalue weighted by Crippen LogP contribution is 2.57.